The Kier molecular flexibility index (Phi) is 4.58. The van der Waals surface area contributed by atoms with Crippen LogP contribution in [0, 0.1) is 6.92 Å². The van der Waals surface area contributed by atoms with Crippen LogP contribution in [0.3, 0.4) is 0 Å². The lowest BCUT2D eigenvalue weighted by Crippen LogP contribution is -2.22. The Morgan fingerprint density at radius 2 is 2.21 bits per heavy atom. The van der Waals surface area contributed by atoms with Crippen molar-refractivity contribution in [2.24, 2.45) is 0 Å². The molecule has 0 aliphatic heterocycles. The van der Waals surface area contributed by atoms with Crippen molar-refractivity contribution < 1.29 is 9.52 Å². The summed E-state index contributed by atoms with van der Waals surface area (Å²) in [6, 6.07) is 7.43. The molecule has 0 saturated carbocycles. The van der Waals surface area contributed by atoms with Gasteiger partial charge in [-0.05, 0) is 32.2 Å². The van der Waals surface area contributed by atoms with Crippen LogP contribution >= 0.6 is 11.6 Å². The second kappa shape index (κ2) is 6.19. The number of likely N-dealkylation sites (N-methyl/N-ethyl adjacent to an activating group) is 1. The maximum Gasteiger partial charge on any atom is 0.226 e. The van der Waals surface area contributed by atoms with Gasteiger partial charge in [-0.3, -0.25) is 4.90 Å². The monoisotopic (exact) mass is 280 g/mol. The Morgan fingerprint density at radius 3 is 2.89 bits per heavy atom. The van der Waals surface area contributed by atoms with Crippen LogP contribution in [-0.4, -0.2) is 35.2 Å². The van der Waals surface area contributed by atoms with E-state index >= 15 is 0 Å². The van der Waals surface area contributed by atoms with Gasteiger partial charge in [0.15, 0.2) is 0 Å². The normalized spacial score (nSPS) is 11.2. The van der Waals surface area contributed by atoms with Crippen molar-refractivity contribution in [3.63, 3.8) is 0 Å². The molecule has 0 fully saturated rings. The molecule has 1 heterocycles. The molecule has 1 aromatic carbocycles. The summed E-state index contributed by atoms with van der Waals surface area (Å²) in [7, 11) is 1.93. The van der Waals surface area contributed by atoms with Crippen LogP contribution in [0.5, 0.6) is 0 Å². The molecule has 0 bridgehead atoms. The number of hydrogen-bond acceptors (Lipinski definition) is 4. The molecule has 0 aliphatic carbocycles. The summed E-state index contributed by atoms with van der Waals surface area (Å²) in [5, 5.41) is 9.56. The minimum absolute atomic E-state index is 0.133. The third kappa shape index (κ3) is 3.56. The van der Waals surface area contributed by atoms with Gasteiger partial charge in [0.05, 0.1) is 12.3 Å². The third-order valence-corrected chi connectivity index (χ3v) is 3.10. The summed E-state index contributed by atoms with van der Waals surface area (Å²) in [6.45, 7) is 3.28. The maximum absolute atomic E-state index is 8.90. The number of aliphatic hydroxyl groups is 1. The molecule has 5 heteroatoms. The van der Waals surface area contributed by atoms with Crippen molar-refractivity contribution in [2.45, 2.75) is 13.5 Å². The highest BCUT2D eigenvalue weighted by Gasteiger charge is 2.13. The third-order valence-electron chi connectivity index (χ3n) is 2.87. The summed E-state index contributed by atoms with van der Waals surface area (Å²) in [5.74, 6) is 1.37. The number of hydrogen-bond donors (Lipinski definition) is 1. The fraction of sp³-hybridized carbons (Fsp3) is 0.357. The first-order valence-corrected chi connectivity index (χ1v) is 6.49. The van der Waals surface area contributed by atoms with Gasteiger partial charge in [0, 0.05) is 23.7 Å². The lowest BCUT2D eigenvalue weighted by atomic mass is 10.2. The van der Waals surface area contributed by atoms with Crippen LogP contribution in [0.2, 0.25) is 5.02 Å². The van der Waals surface area contributed by atoms with Gasteiger partial charge in [0.25, 0.3) is 0 Å². The van der Waals surface area contributed by atoms with Crippen LogP contribution in [0.15, 0.2) is 28.7 Å². The summed E-state index contributed by atoms with van der Waals surface area (Å²) in [4.78, 5) is 6.49. The minimum atomic E-state index is 0.133. The van der Waals surface area contributed by atoms with Gasteiger partial charge in [-0.25, -0.2) is 4.98 Å². The Hall–Kier alpha value is -1.36. The lowest BCUT2D eigenvalue weighted by Gasteiger charge is -2.12. The van der Waals surface area contributed by atoms with Gasteiger partial charge in [-0.1, -0.05) is 17.7 Å². The number of aliphatic hydroxyl groups excluding tert-OH is 1. The summed E-state index contributed by atoms with van der Waals surface area (Å²) >= 11 is 5.96. The van der Waals surface area contributed by atoms with E-state index < -0.39 is 0 Å². The second-order valence-corrected chi connectivity index (χ2v) is 4.93. The molecule has 19 heavy (non-hydrogen) atoms. The Balaban J connectivity index is 2.21. The average Bonchev–Trinajstić information content (AvgIpc) is 2.71. The molecule has 102 valence electrons. The van der Waals surface area contributed by atoms with Crippen molar-refractivity contribution in [1.82, 2.24) is 9.88 Å². The lowest BCUT2D eigenvalue weighted by molar-refractivity contribution is 0.215. The van der Waals surface area contributed by atoms with Crippen molar-refractivity contribution in [2.75, 3.05) is 20.2 Å². The smallest absolute Gasteiger partial charge is 0.226 e. The van der Waals surface area contributed by atoms with E-state index in [-0.39, 0.29) is 6.61 Å². The molecule has 0 radical (unpaired) electrons. The SMILES string of the molecule is Cc1oc(-c2cccc(Cl)c2)nc1CN(C)CCO. The Morgan fingerprint density at radius 1 is 1.42 bits per heavy atom. The zero-order chi connectivity index (χ0) is 13.8. The largest absolute Gasteiger partial charge is 0.441 e. The first kappa shape index (κ1) is 14.1. The number of benzene rings is 1. The van der Waals surface area contributed by atoms with Crippen LogP contribution in [-0.2, 0) is 6.54 Å². The fourth-order valence-electron chi connectivity index (χ4n) is 1.83. The maximum atomic E-state index is 8.90. The molecule has 2 rings (SSSR count). The Labute approximate surface area is 117 Å². The number of rotatable bonds is 5. The number of aromatic nitrogens is 1. The zero-order valence-electron chi connectivity index (χ0n) is 11.1. The zero-order valence-corrected chi connectivity index (χ0v) is 11.8. The molecule has 0 saturated heterocycles. The minimum Gasteiger partial charge on any atom is -0.441 e. The van der Waals surface area contributed by atoms with E-state index in [0.29, 0.717) is 24.0 Å². The molecule has 1 aromatic heterocycles. The van der Waals surface area contributed by atoms with Crippen molar-refractivity contribution in [1.29, 1.82) is 0 Å². The highest BCUT2D eigenvalue weighted by Crippen LogP contribution is 2.24. The predicted octanol–water partition coefficient (Wildman–Crippen LogP) is 2.73. The second-order valence-electron chi connectivity index (χ2n) is 4.49. The summed E-state index contributed by atoms with van der Waals surface area (Å²) in [6.07, 6.45) is 0. The predicted molar refractivity (Wildman–Crippen MR) is 75.1 cm³/mol. The molecule has 1 N–H and O–H groups in total. The standard InChI is InChI=1S/C14H17ClN2O2/c1-10-13(9-17(2)6-7-18)16-14(19-10)11-4-3-5-12(15)8-11/h3-5,8,18H,6-7,9H2,1-2H3. The highest BCUT2D eigenvalue weighted by atomic mass is 35.5. The van der Waals surface area contributed by atoms with Gasteiger partial charge in [-0.15, -0.1) is 0 Å². The van der Waals surface area contributed by atoms with Gasteiger partial charge in [0.1, 0.15) is 5.76 Å². The van der Waals surface area contributed by atoms with E-state index in [0.717, 1.165) is 17.0 Å². The van der Waals surface area contributed by atoms with Gasteiger partial charge in [0.2, 0.25) is 5.89 Å². The Bertz CT molecular complexity index is 554. The highest BCUT2D eigenvalue weighted by molar-refractivity contribution is 6.30. The molecule has 0 atom stereocenters. The van der Waals surface area contributed by atoms with Crippen molar-refractivity contribution in [3.8, 4) is 11.5 Å². The van der Waals surface area contributed by atoms with Gasteiger partial charge < -0.3 is 9.52 Å². The van der Waals surface area contributed by atoms with E-state index in [4.69, 9.17) is 21.1 Å². The van der Waals surface area contributed by atoms with Crippen molar-refractivity contribution in [3.05, 3.63) is 40.7 Å². The molecular formula is C14H17ClN2O2. The molecule has 0 spiro atoms. The van der Waals surface area contributed by atoms with Gasteiger partial charge >= 0.3 is 0 Å². The molecule has 0 aliphatic rings. The first-order chi connectivity index (χ1) is 9.10. The molecular weight excluding hydrogens is 264 g/mol. The van der Waals surface area contributed by atoms with E-state index in [1.807, 2.05) is 43.1 Å². The molecule has 0 unspecified atom stereocenters. The molecule has 2 aromatic rings. The van der Waals surface area contributed by atoms with Gasteiger partial charge in [-0.2, -0.15) is 0 Å². The summed E-state index contributed by atoms with van der Waals surface area (Å²) < 4.78 is 5.68. The van der Waals surface area contributed by atoms with E-state index in [1.165, 1.54) is 0 Å². The topological polar surface area (TPSA) is 49.5 Å². The summed E-state index contributed by atoms with van der Waals surface area (Å²) in [5.41, 5.74) is 1.75. The molecule has 4 nitrogen and oxygen atoms in total. The van der Waals surface area contributed by atoms with E-state index in [9.17, 15) is 0 Å². The number of oxazole rings is 1. The number of halogens is 1. The van der Waals surface area contributed by atoms with Crippen molar-refractivity contribution >= 4 is 11.6 Å². The van der Waals surface area contributed by atoms with Crippen LogP contribution in [0.1, 0.15) is 11.5 Å². The van der Waals surface area contributed by atoms with Crippen LogP contribution < -0.4 is 0 Å². The average molecular weight is 281 g/mol. The number of aryl methyl sites for hydroxylation is 1. The fourth-order valence-corrected chi connectivity index (χ4v) is 2.02. The molecule has 0 amide bonds. The number of nitrogens with zero attached hydrogens (tertiary/aromatic N) is 2. The van der Waals surface area contributed by atoms with E-state index in [1.54, 1.807) is 0 Å². The first-order valence-electron chi connectivity index (χ1n) is 6.12. The quantitative estimate of drug-likeness (QED) is 0.915. The van der Waals surface area contributed by atoms with Crippen LogP contribution in [0.25, 0.3) is 11.5 Å². The van der Waals surface area contributed by atoms with E-state index in [2.05, 4.69) is 4.98 Å². The van der Waals surface area contributed by atoms with Crippen LogP contribution in [0.4, 0.5) is 0 Å².